The Morgan fingerprint density at radius 3 is 3.00 bits per heavy atom. The second-order valence-electron chi connectivity index (χ2n) is 4.33. The average molecular weight is 255 g/mol. The summed E-state index contributed by atoms with van der Waals surface area (Å²) in [5, 5.41) is 2.80. The van der Waals surface area contributed by atoms with Gasteiger partial charge in [-0.3, -0.25) is 4.79 Å². The highest BCUT2D eigenvalue weighted by Gasteiger charge is 2.09. The minimum atomic E-state index is -0.169. The predicted molar refractivity (Wildman–Crippen MR) is 70.7 cm³/mol. The lowest BCUT2D eigenvalue weighted by Crippen LogP contribution is -2.22. The highest BCUT2D eigenvalue weighted by molar-refractivity contribution is 5.93. The molecule has 1 amide bonds. The van der Waals surface area contributed by atoms with Crippen molar-refractivity contribution in [1.82, 2.24) is 15.3 Å². The quantitative estimate of drug-likeness (QED) is 0.755. The SMILES string of the molecule is Cc1cc(C(=O)NCc2nc3ccccc3[nH]2)co1. The van der Waals surface area contributed by atoms with Gasteiger partial charge in [0.2, 0.25) is 0 Å². The van der Waals surface area contributed by atoms with E-state index in [2.05, 4.69) is 15.3 Å². The third kappa shape index (κ3) is 2.35. The van der Waals surface area contributed by atoms with Crippen LogP contribution in [0.1, 0.15) is 21.9 Å². The fourth-order valence-electron chi connectivity index (χ4n) is 1.92. The van der Waals surface area contributed by atoms with Crippen LogP contribution in [0.2, 0.25) is 0 Å². The van der Waals surface area contributed by atoms with Gasteiger partial charge in [-0.25, -0.2) is 4.98 Å². The molecule has 0 unspecified atom stereocenters. The number of rotatable bonds is 3. The number of carbonyl (C=O) groups is 1. The van der Waals surface area contributed by atoms with Crippen molar-refractivity contribution >= 4 is 16.9 Å². The molecular weight excluding hydrogens is 242 g/mol. The van der Waals surface area contributed by atoms with Crippen molar-refractivity contribution in [3.05, 3.63) is 53.7 Å². The van der Waals surface area contributed by atoms with Crippen LogP contribution in [0.4, 0.5) is 0 Å². The number of imidazole rings is 1. The minimum Gasteiger partial charge on any atom is -0.469 e. The molecule has 0 saturated carbocycles. The average Bonchev–Trinajstić information content (AvgIpc) is 3.01. The molecule has 3 aromatic rings. The Labute approximate surface area is 109 Å². The molecule has 0 aliphatic heterocycles. The first kappa shape index (κ1) is 11.5. The van der Waals surface area contributed by atoms with Gasteiger partial charge in [-0.15, -0.1) is 0 Å². The van der Waals surface area contributed by atoms with Crippen molar-refractivity contribution in [3.63, 3.8) is 0 Å². The van der Waals surface area contributed by atoms with Crippen LogP contribution in [0, 0.1) is 6.92 Å². The number of nitrogens with zero attached hydrogens (tertiary/aromatic N) is 1. The number of hydrogen-bond acceptors (Lipinski definition) is 3. The number of para-hydroxylation sites is 2. The lowest BCUT2D eigenvalue weighted by molar-refractivity contribution is 0.0949. The zero-order valence-electron chi connectivity index (χ0n) is 10.4. The molecule has 2 heterocycles. The van der Waals surface area contributed by atoms with E-state index in [1.807, 2.05) is 24.3 Å². The number of carbonyl (C=O) groups excluding carboxylic acids is 1. The molecule has 0 atom stereocenters. The van der Waals surface area contributed by atoms with E-state index in [4.69, 9.17) is 4.42 Å². The Balaban J connectivity index is 1.70. The van der Waals surface area contributed by atoms with Crippen molar-refractivity contribution in [3.8, 4) is 0 Å². The highest BCUT2D eigenvalue weighted by Crippen LogP contribution is 2.10. The second-order valence-corrected chi connectivity index (χ2v) is 4.33. The number of H-pyrrole nitrogens is 1. The summed E-state index contributed by atoms with van der Waals surface area (Å²) in [7, 11) is 0. The second kappa shape index (κ2) is 4.61. The van der Waals surface area contributed by atoms with E-state index >= 15 is 0 Å². The number of hydrogen-bond donors (Lipinski definition) is 2. The predicted octanol–water partition coefficient (Wildman–Crippen LogP) is 2.39. The summed E-state index contributed by atoms with van der Waals surface area (Å²) in [6, 6.07) is 9.45. The number of aromatic amines is 1. The summed E-state index contributed by atoms with van der Waals surface area (Å²) in [6.07, 6.45) is 1.45. The Bertz CT molecular complexity index is 694. The van der Waals surface area contributed by atoms with E-state index in [0.717, 1.165) is 16.9 Å². The minimum absolute atomic E-state index is 0.169. The first-order valence-electron chi connectivity index (χ1n) is 5.99. The van der Waals surface area contributed by atoms with Gasteiger partial charge in [0, 0.05) is 0 Å². The third-order valence-electron chi connectivity index (χ3n) is 2.85. The Morgan fingerprint density at radius 1 is 1.42 bits per heavy atom. The normalized spacial score (nSPS) is 10.8. The molecule has 2 aromatic heterocycles. The number of benzene rings is 1. The molecular formula is C14H13N3O2. The Hall–Kier alpha value is -2.56. The maximum atomic E-state index is 11.8. The largest absolute Gasteiger partial charge is 0.469 e. The van der Waals surface area contributed by atoms with Crippen LogP contribution in [0.15, 0.2) is 41.0 Å². The van der Waals surface area contributed by atoms with E-state index in [-0.39, 0.29) is 5.91 Å². The van der Waals surface area contributed by atoms with Gasteiger partial charge in [-0.05, 0) is 25.1 Å². The fourth-order valence-corrected chi connectivity index (χ4v) is 1.92. The molecule has 0 bridgehead atoms. The summed E-state index contributed by atoms with van der Waals surface area (Å²) in [4.78, 5) is 19.4. The Morgan fingerprint density at radius 2 is 2.26 bits per heavy atom. The maximum Gasteiger partial charge on any atom is 0.254 e. The standard InChI is InChI=1S/C14H13N3O2/c1-9-6-10(8-19-9)14(18)15-7-13-16-11-4-2-3-5-12(11)17-13/h2-6,8H,7H2,1H3,(H,15,18)(H,16,17). The molecule has 96 valence electrons. The molecule has 0 aliphatic carbocycles. The first-order chi connectivity index (χ1) is 9.22. The van der Waals surface area contributed by atoms with Gasteiger partial charge < -0.3 is 14.7 Å². The number of fused-ring (bicyclic) bond motifs is 1. The third-order valence-corrected chi connectivity index (χ3v) is 2.85. The summed E-state index contributed by atoms with van der Waals surface area (Å²) in [5.41, 5.74) is 2.38. The number of aromatic nitrogens is 2. The van der Waals surface area contributed by atoms with Gasteiger partial charge in [0.25, 0.3) is 5.91 Å². The Kier molecular flexibility index (Phi) is 2.79. The molecule has 3 rings (SSSR count). The smallest absolute Gasteiger partial charge is 0.254 e. The fraction of sp³-hybridized carbons (Fsp3) is 0.143. The lowest BCUT2D eigenvalue weighted by Gasteiger charge is -1.99. The molecule has 0 aliphatic rings. The molecule has 5 nitrogen and oxygen atoms in total. The van der Waals surface area contributed by atoms with E-state index in [1.165, 1.54) is 6.26 Å². The van der Waals surface area contributed by atoms with Crippen LogP contribution < -0.4 is 5.32 Å². The molecule has 19 heavy (non-hydrogen) atoms. The monoisotopic (exact) mass is 255 g/mol. The van der Waals surface area contributed by atoms with Crippen LogP contribution in [-0.2, 0) is 6.54 Å². The zero-order valence-corrected chi connectivity index (χ0v) is 10.4. The maximum absolute atomic E-state index is 11.8. The molecule has 0 saturated heterocycles. The molecule has 0 fully saturated rings. The summed E-state index contributed by atoms with van der Waals surface area (Å²) in [6.45, 7) is 2.16. The van der Waals surface area contributed by atoms with Gasteiger partial charge in [0.05, 0.1) is 23.1 Å². The highest BCUT2D eigenvalue weighted by atomic mass is 16.3. The van der Waals surface area contributed by atoms with E-state index in [9.17, 15) is 4.79 Å². The van der Waals surface area contributed by atoms with Gasteiger partial charge >= 0.3 is 0 Å². The topological polar surface area (TPSA) is 70.9 Å². The van der Waals surface area contributed by atoms with Crippen molar-refractivity contribution < 1.29 is 9.21 Å². The van der Waals surface area contributed by atoms with Crippen LogP contribution in [0.25, 0.3) is 11.0 Å². The number of furan rings is 1. The van der Waals surface area contributed by atoms with Crippen LogP contribution in [0.5, 0.6) is 0 Å². The summed E-state index contributed by atoms with van der Waals surface area (Å²) < 4.78 is 5.10. The molecule has 0 radical (unpaired) electrons. The van der Waals surface area contributed by atoms with Crippen molar-refractivity contribution in [2.24, 2.45) is 0 Å². The van der Waals surface area contributed by atoms with Gasteiger partial charge in [0.1, 0.15) is 17.8 Å². The van der Waals surface area contributed by atoms with Crippen molar-refractivity contribution in [2.75, 3.05) is 0 Å². The van der Waals surface area contributed by atoms with Crippen molar-refractivity contribution in [1.29, 1.82) is 0 Å². The van der Waals surface area contributed by atoms with Gasteiger partial charge in [0.15, 0.2) is 0 Å². The van der Waals surface area contributed by atoms with E-state index < -0.39 is 0 Å². The van der Waals surface area contributed by atoms with Gasteiger partial charge in [-0.1, -0.05) is 12.1 Å². The number of nitrogens with one attached hydrogen (secondary N) is 2. The van der Waals surface area contributed by atoms with Crippen LogP contribution in [0.3, 0.4) is 0 Å². The molecule has 2 N–H and O–H groups in total. The number of amides is 1. The molecule has 0 spiro atoms. The zero-order chi connectivity index (χ0) is 13.2. The van der Waals surface area contributed by atoms with Crippen molar-refractivity contribution in [2.45, 2.75) is 13.5 Å². The van der Waals surface area contributed by atoms with E-state index in [0.29, 0.717) is 17.9 Å². The van der Waals surface area contributed by atoms with E-state index in [1.54, 1.807) is 13.0 Å². The molecule has 1 aromatic carbocycles. The first-order valence-corrected chi connectivity index (χ1v) is 5.99. The van der Waals surface area contributed by atoms with Gasteiger partial charge in [-0.2, -0.15) is 0 Å². The van der Waals surface area contributed by atoms with Crippen LogP contribution >= 0.6 is 0 Å². The number of aryl methyl sites for hydroxylation is 1. The van der Waals surface area contributed by atoms with Crippen LogP contribution in [-0.4, -0.2) is 15.9 Å². The molecule has 5 heteroatoms. The lowest BCUT2D eigenvalue weighted by atomic mass is 10.3. The summed E-state index contributed by atoms with van der Waals surface area (Å²) in [5.74, 6) is 1.28. The summed E-state index contributed by atoms with van der Waals surface area (Å²) >= 11 is 0.